The summed E-state index contributed by atoms with van der Waals surface area (Å²) in [6.45, 7) is -2.83. The van der Waals surface area contributed by atoms with Crippen LogP contribution in [0.1, 0.15) is 11.4 Å². The molecule has 0 aliphatic rings. The molecule has 0 aliphatic heterocycles. The largest absolute Gasteiger partial charge is 0.435 e. The van der Waals surface area contributed by atoms with Gasteiger partial charge in [-0.15, -0.1) is 0 Å². The molecule has 0 saturated heterocycles. The number of carbonyl (C=O) groups excluding carboxylic acids is 1. The molecule has 0 fully saturated rings. The summed E-state index contributed by atoms with van der Waals surface area (Å²) in [5.74, 6) is -0.282. The minimum absolute atomic E-state index is 0.0674. The lowest BCUT2D eigenvalue weighted by Crippen LogP contribution is -2.30. The molecule has 0 atom stereocenters. The minimum Gasteiger partial charge on any atom is -0.435 e. The van der Waals surface area contributed by atoms with Crippen molar-refractivity contribution in [3.63, 3.8) is 0 Å². The monoisotopic (exact) mass is 437 g/mol. The van der Waals surface area contributed by atoms with Gasteiger partial charge in [-0.05, 0) is 30.2 Å². The van der Waals surface area contributed by atoms with E-state index >= 15 is 0 Å². The van der Waals surface area contributed by atoms with E-state index in [2.05, 4.69) is 15.0 Å². The molecule has 30 heavy (non-hydrogen) atoms. The quantitative estimate of drug-likeness (QED) is 0.556. The number of imidazole rings is 1. The molecule has 0 bridgehead atoms. The Balaban J connectivity index is 1.68. The maximum Gasteiger partial charge on any atom is 0.387 e. The van der Waals surface area contributed by atoms with Crippen molar-refractivity contribution in [1.82, 2.24) is 14.9 Å². The number of nitrogens with zero attached hydrogens (tertiary/aromatic N) is 2. The number of nitrogens with one attached hydrogen (secondary N) is 1. The van der Waals surface area contributed by atoms with E-state index in [4.69, 9.17) is 0 Å². The lowest BCUT2D eigenvalue weighted by molar-refractivity contribution is -0.121. The second kappa shape index (κ2) is 9.21. The van der Waals surface area contributed by atoms with Gasteiger partial charge in [0.15, 0.2) is 9.84 Å². The van der Waals surface area contributed by atoms with Gasteiger partial charge in [-0.3, -0.25) is 4.79 Å². The Labute approximate surface area is 172 Å². The third-order valence-electron chi connectivity index (χ3n) is 4.33. The number of rotatable bonds is 9. The summed E-state index contributed by atoms with van der Waals surface area (Å²) >= 11 is 0. The van der Waals surface area contributed by atoms with Crippen molar-refractivity contribution >= 4 is 26.8 Å². The summed E-state index contributed by atoms with van der Waals surface area (Å²) in [4.78, 5) is 16.8. The molecule has 160 valence electrons. The molecular formula is C20H21F2N3O4S. The zero-order valence-corrected chi connectivity index (χ0v) is 17.0. The minimum atomic E-state index is -3.34. The second-order valence-corrected chi connectivity index (χ2v) is 8.90. The summed E-state index contributed by atoms with van der Waals surface area (Å²) in [5, 5.41) is 2.72. The van der Waals surface area contributed by atoms with Crippen molar-refractivity contribution < 1.29 is 26.7 Å². The van der Waals surface area contributed by atoms with E-state index in [-0.39, 0.29) is 36.3 Å². The van der Waals surface area contributed by atoms with Gasteiger partial charge in [0, 0.05) is 12.8 Å². The van der Waals surface area contributed by atoms with Crippen molar-refractivity contribution in [1.29, 1.82) is 0 Å². The number of hydrogen-bond donors (Lipinski definition) is 1. The average Bonchev–Trinajstić information content (AvgIpc) is 2.98. The first-order chi connectivity index (χ1) is 14.2. The first-order valence-electron chi connectivity index (χ1n) is 9.14. The van der Waals surface area contributed by atoms with Gasteiger partial charge in [-0.25, -0.2) is 13.4 Å². The molecule has 0 spiro atoms. The number of halogens is 2. The van der Waals surface area contributed by atoms with E-state index in [1.54, 1.807) is 47.0 Å². The number of sulfone groups is 1. The van der Waals surface area contributed by atoms with Gasteiger partial charge in [-0.1, -0.05) is 30.3 Å². The highest BCUT2D eigenvalue weighted by Crippen LogP contribution is 2.20. The molecule has 1 heterocycles. The maximum absolute atomic E-state index is 12.5. The van der Waals surface area contributed by atoms with Gasteiger partial charge < -0.3 is 14.6 Å². The van der Waals surface area contributed by atoms with Crippen LogP contribution in [0.15, 0.2) is 48.5 Å². The summed E-state index contributed by atoms with van der Waals surface area (Å²) < 4.78 is 54.5. The molecule has 0 aliphatic carbocycles. The van der Waals surface area contributed by atoms with Crippen LogP contribution in [-0.4, -0.2) is 43.3 Å². The molecule has 0 radical (unpaired) electrons. The lowest BCUT2D eigenvalue weighted by Gasteiger charge is -2.12. The Morgan fingerprint density at radius 3 is 2.60 bits per heavy atom. The number of fused-ring (bicyclic) bond motifs is 1. The topological polar surface area (TPSA) is 90.3 Å². The highest BCUT2D eigenvalue weighted by molar-refractivity contribution is 7.89. The van der Waals surface area contributed by atoms with Crippen molar-refractivity contribution in [2.45, 2.75) is 25.3 Å². The molecule has 10 heteroatoms. The fourth-order valence-corrected chi connectivity index (χ4v) is 3.79. The van der Waals surface area contributed by atoms with Crippen LogP contribution in [0, 0.1) is 0 Å². The van der Waals surface area contributed by atoms with Crippen LogP contribution in [0.5, 0.6) is 5.75 Å². The van der Waals surface area contributed by atoms with E-state index < -0.39 is 16.4 Å². The maximum atomic E-state index is 12.5. The van der Waals surface area contributed by atoms with E-state index in [1.807, 2.05) is 0 Å². The van der Waals surface area contributed by atoms with Crippen LogP contribution in [0.3, 0.4) is 0 Å². The summed E-state index contributed by atoms with van der Waals surface area (Å²) in [5.41, 5.74) is 1.80. The van der Waals surface area contributed by atoms with E-state index in [9.17, 15) is 22.0 Å². The van der Waals surface area contributed by atoms with Crippen molar-refractivity contribution in [2.24, 2.45) is 0 Å². The lowest BCUT2D eigenvalue weighted by atomic mass is 10.1. The third kappa shape index (κ3) is 5.76. The Kier molecular flexibility index (Phi) is 6.66. The Bertz CT molecular complexity index is 1150. The first-order valence-corrected chi connectivity index (χ1v) is 11.2. The van der Waals surface area contributed by atoms with Crippen LogP contribution in [0.4, 0.5) is 8.78 Å². The van der Waals surface area contributed by atoms with Crippen LogP contribution < -0.4 is 10.1 Å². The van der Waals surface area contributed by atoms with Crippen LogP contribution >= 0.6 is 0 Å². The highest BCUT2D eigenvalue weighted by Gasteiger charge is 2.17. The van der Waals surface area contributed by atoms with Crippen molar-refractivity contribution in [2.75, 3.05) is 12.8 Å². The fourth-order valence-electron chi connectivity index (χ4n) is 3.10. The standard InChI is InChI=1S/C20H21F2N3O4S/c1-30(27,28)13-18-24-15-7-3-4-8-16(15)25(18)12-19(26)23-11-10-14-6-2-5-9-17(14)29-20(21)22/h2-9,20H,10-13H2,1H3,(H,23,26). The molecule has 3 aromatic rings. The summed E-state index contributed by atoms with van der Waals surface area (Å²) in [7, 11) is -3.34. The zero-order chi connectivity index (χ0) is 21.7. The van der Waals surface area contributed by atoms with Crippen LogP contribution in [-0.2, 0) is 33.4 Å². The Morgan fingerprint density at radius 1 is 1.17 bits per heavy atom. The van der Waals surface area contributed by atoms with E-state index in [1.165, 1.54) is 6.07 Å². The van der Waals surface area contributed by atoms with Gasteiger partial charge in [0.1, 0.15) is 23.9 Å². The number of amides is 1. The Morgan fingerprint density at radius 2 is 1.87 bits per heavy atom. The summed E-state index contributed by atoms with van der Waals surface area (Å²) in [6, 6.07) is 13.5. The zero-order valence-electron chi connectivity index (χ0n) is 16.2. The predicted octanol–water partition coefficient (Wildman–Crippen LogP) is 2.54. The molecule has 0 unspecified atom stereocenters. The second-order valence-electron chi connectivity index (χ2n) is 6.76. The number of aromatic nitrogens is 2. The van der Waals surface area contributed by atoms with E-state index in [0.717, 1.165) is 6.26 Å². The molecule has 1 amide bonds. The number of alkyl halides is 2. The van der Waals surface area contributed by atoms with Gasteiger partial charge in [-0.2, -0.15) is 8.78 Å². The van der Waals surface area contributed by atoms with Gasteiger partial charge >= 0.3 is 6.61 Å². The normalized spacial score (nSPS) is 11.7. The molecule has 7 nitrogen and oxygen atoms in total. The highest BCUT2D eigenvalue weighted by atomic mass is 32.2. The number of hydrogen-bond acceptors (Lipinski definition) is 5. The van der Waals surface area contributed by atoms with Gasteiger partial charge in [0.05, 0.1) is 11.0 Å². The molecule has 0 saturated carbocycles. The van der Waals surface area contributed by atoms with Gasteiger partial charge in [0.25, 0.3) is 0 Å². The fraction of sp³-hybridized carbons (Fsp3) is 0.300. The third-order valence-corrected chi connectivity index (χ3v) is 5.11. The number of para-hydroxylation sites is 3. The molecule has 2 aromatic carbocycles. The van der Waals surface area contributed by atoms with Crippen LogP contribution in [0.25, 0.3) is 11.0 Å². The SMILES string of the molecule is CS(=O)(=O)Cc1nc2ccccc2n1CC(=O)NCCc1ccccc1OC(F)F. The average molecular weight is 437 g/mol. The smallest absolute Gasteiger partial charge is 0.387 e. The predicted molar refractivity (Wildman–Crippen MR) is 108 cm³/mol. The molecular weight excluding hydrogens is 416 g/mol. The molecule has 1 aromatic heterocycles. The van der Waals surface area contributed by atoms with Crippen LogP contribution in [0.2, 0.25) is 0 Å². The van der Waals surface area contributed by atoms with Gasteiger partial charge in [0.2, 0.25) is 5.91 Å². The number of benzene rings is 2. The number of ether oxygens (including phenoxy) is 1. The molecule has 1 N–H and O–H groups in total. The first kappa shape index (κ1) is 21.7. The van der Waals surface area contributed by atoms with Crippen molar-refractivity contribution in [3.8, 4) is 5.75 Å². The number of carbonyl (C=O) groups is 1. The summed E-state index contributed by atoms with van der Waals surface area (Å²) in [6.07, 6.45) is 1.41. The molecule has 3 rings (SSSR count). The van der Waals surface area contributed by atoms with Crippen molar-refractivity contribution in [3.05, 3.63) is 59.9 Å². The van der Waals surface area contributed by atoms with E-state index in [0.29, 0.717) is 23.0 Å². The Hall–Kier alpha value is -3.01.